The number of hydrogen-bond donors (Lipinski definition) is 1. The van der Waals surface area contributed by atoms with Crippen molar-refractivity contribution in [3.63, 3.8) is 0 Å². The van der Waals surface area contributed by atoms with Gasteiger partial charge in [0.2, 0.25) is 5.91 Å². The van der Waals surface area contributed by atoms with Gasteiger partial charge < -0.3 is 9.80 Å². The number of likely N-dealkylation sites (tertiary alicyclic amines) is 1. The fourth-order valence-electron chi connectivity index (χ4n) is 4.07. The molecule has 2 aliphatic heterocycles. The average molecular weight is 411 g/mol. The molecular weight excluding hydrogens is 386 g/mol. The summed E-state index contributed by atoms with van der Waals surface area (Å²) in [6.07, 6.45) is 2.79. The number of H-pyrrole nitrogens is 1. The molecule has 2 aliphatic rings. The summed E-state index contributed by atoms with van der Waals surface area (Å²) in [6, 6.07) is 6.03. The monoisotopic (exact) mass is 411 g/mol. The number of nitro groups is 1. The average Bonchev–Trinajstić information content (AvgIpc) is 3.17. The molecule has 0 spiro atoms. The van der Waals surface area contributed by atoms with E-state index in [1.165, 1.54) is 12.1 Å². The van der Waals surface area contributed by atoms with Crippen LogP contribution in [0.5, 0.6) is 0 Å². The number of benzene rings is 1. The van der Waals surface area contributed by atoms with Crippen molar-refractivity contribution in [3.8, 4) is 0 Å². The lowest BCUT2D eigenvalue weighted by Crippen LogP contribution is -2.40. The number of carbonyl (C=O) groups excluding carboxylic acids is 2. The number of non-ortho nitro benzene ring substituents is 1. The van der Waals surface area contributed by atoms with Gasteiger partial charge in [-0.25, -0.2) is 0 Å². The van der Waals surface area contributed by atoms with Gasteiger partial charge in [-0.2, -0.15) is 5.10 Å². The summed E-state index contributed by atoms with van der Waals surface area (Å²) in [4.78, 5) is 39.7. The highest BCUT2D eigenvalue weighted by Crippen LogP contribution is 2.24. The van der Waals surface area contributed by atoms with Gasteiger partial charge in [0.15, 0.2) is 5.69 Å². The van der Waals surface area contributed by atoms with Crippen molar-refractivity contribution >= 4 is 17.5 Å². The minimum Gasteiger partial charge on any atom is -0.338 e. The number of hydrogen-bond acceptors (Lipinski definition) is 5. The first-order valence-electron chi connectivity index (χ1n) is 10.3. The molecule has 1 aromatic carbocycles. The molecule has 1 fully saturated rings. The number of aromatic amines is 1. The highest BCUT2D eigenvalue weighted by atomic mass is 16.6. The molecule has 2 aromatic rings. The van der Waals surface area contributed by atoms with Crippen LogP contribution in [0.25, 0.3) is 0 Å². The zero-order valence-electron chi connectivity index (χ0n) is 17.0. The van der Waals surface area contributed by atoms with Gasteiger partial charge in [0.1, 0.15) is 0 Å². The molecule has 9 heteroatoms. The van der Waals surface area contributed by atoms with E-state index in [1.54, 1.807) is 17.0 Å². The van der Waals surface area contributed by atoms with E-state index >= 15 is 0 Å². The standard InChI is InChI=1S/C21H25N5O4/c1-14-6-9-24(10-7-14)21(28)20-17-13-25(11-8-18(17)22-23-20)19(27)12-15-2-4-16(5-3-15)26(29)30/h2-5,14H,6-13H2,1H3,(H,22,23). The number of nitrogens with one attached hydrogen (secondary N) is 1. The number of rotatable bonds is 4. The first kappa shape index (κ1) is 20.1. The molecular formula is C21H25N5O4. The van der Waals surface area contributed by atoms with E-state index in [2.05, 4.69) is 17.1 Å². The predicted octanol–water partition coefficient (Wildman–Crippen LogP) is 2.32. The Balaban J connectivity index is 1.44. The van der Waals surface area contributed by atoms with Crippen molar-refractivity contribution in [1.29, 1.82) is 0 Å². The summed E-state index contributed by atoms with van der Waals surface area (Å²) >= 11 is 0. The normalized spacial score (nSPS) is 17.0. The lowest BCUT2D eigenvalue weighted by molar-refractivity contribution is -0.384. The zero-order valence-corrected chi connectivity index (χ0v) is 17.0. The van der Waals surface area contributed by atoms with Crippen LogP contribution in [0, 0.1) is 16.0 Å². The van der Waals surface area contributed by atoms with E-state index in [-0.39, 0.29) is 23.9 Å². The fraction of sp³-hybridized carbons (Fsp3) is 0.476. The third-order valence-electron chi connectivity index (χ3n) is 6.06. The Kier molecular flexibility index (Phi) is 5.52. The number of aromatic nitrogens is 2. The fourth-order valence-corrected chi connectivity index (χ4v) is 4.07. The van der Waals surface area contributed by atoms with Crippen LogP contribution in [0.15, 0.2) is 24.3 Å². The van der Waals surface area contributed by atoms with E-state index in [4.69, 9.17) is 0 Å². The Morgan fingerprint density at radius 1 is 1.17 bits per heavy atom. The van der Waals surface area contributed by atoms with E-state index < -0.39 is 4.92 Å². The third kappa shape index (κ3) is 4.05. The molecule has 0 bridgehead atoms. The van der Waals surface area contributed by atoms with Gasteiger partial charge in [0.25, 0.3) is 11.6 Å². The third-order valence-corrected chi connectivity index (χ3v) is 6.06. The van der Waals surface area contributed by atoms with Crippen molar-refractivity contribution in [2.75, 3.05) is 19.6 Å². The largest absolute Gasteiger partial charge is 0.338 e. The van der Waals surface area contributed by atoms with Crippen LogP contribution in [0.1, 0.15) is 47.1 Å². The zero-order chi connectivity index (χ0) is 21.3. The second-order valence-corrected chi connectivity index (χ2v) is 8.17. The highest BCUT2D eigenvalue weighted by molar-refractivity contribution is 5.94. The van der Waals surface area contributed by atoms with Crippen molar-refractivity contribution in [1.82, 2.24) is 20.0 Å². The molecule has 0 unspecified atom stereocenters. The summed E-state index contributed by atoms with van der Waals surface area (Å²) < 4.78 is 0. The molecule has 1 N–H and O–H groups in total. The van der Waals surface area contributed by atoms with Crippen LogP contribution in [0.4, 0.5) is 5.69 Å². The van der Waals surface area contributed by atoms with Crippen LogP contribution >= 0.6 is 0 Å². The maximum Gasteiger partial charge on any atom is 0.274 e. The van der Waals surface area contributed by atoms with Crippen LogP contribution in [0.2, 0.25) is 0 Å². The first-order chi connectivity index (χ1) is 14.4. The number of piperidine rings is 1. The van der Waals surface area contributed by atoms with Crippen molar-refractivity contribution < 1.29 is 14.5 Å². The van der Waals surface area contributed by atoms with Gasteiger partial charge in [0.05, 0.1) is 11.3 Å². The van der Waals surface area contributed by atoms with Crippen LogP contribution in [0.3, 0.4) is 0 Å². The van der Waals surface area contributed by atoms with E-state index in [0.29, 0.717) is 31.1 Å². The minimum atomic E-state index is -0.460. The quantitative estimate of drug-likeness (QED) is 0.613. The number of carbonyl (C=O) groups is 2. The summed E-state index contributed by atoms with van der Waals surface area (Å²) in [5, 5.41) is 18.0. The number of nitro benzene ring substituents is 1. The summed E-state index contributed by atoms with van der Waals surface area (Å²) in [5.41, 5.74) is 2.88. The molecule has 3 heterocycles. The minimum absolute atomic E-state index is 0.00229. The van der Waals surface area contributed by atoms with Crippen LogP contribution in [-0.2, 0) is 24.2 Å². The van der Waals surface area contributed by atoms with Gasteiger partial charge >= 0.3 is 0 Å². The Bertz CT molecular complexity index is 960. The number of nitrogens with zero attached hydrogens (tertiary/aromatic N) is 4. The van der Waals surface area contributed by atoms with Gasteiger partial charge in [0, 0.05) is 56.0 Å². The smallest absolute Gasteiger partial charge is 0.274 e. The van der Waals surface area contributed by atoms with Crippen LogP contribution < -0.4 is 0 Å². The van der Waals surface area contributed by atoms with E-state index in [9.17, 15) is 19.7 Å². The summed E-state index contributed by atoms with van der Waals surface area (Å²) in [6.45, 7) is 4.58. The second kappa shape index (κ2) is 8.25. The molecule has 0 saturated carbocycles. The molecule has 1 aromatic heterocycles. The molecule has 9 nitrogen and oxygen atoms in total. The molecule has 4 rings (SSSR count). The summed E-state index contributed by atoms with van der Waals surface area (Å²) in [7, 11) is 0. The van der Waals surface area contributed by atoms with Crippen LogP contribution in [-0.4, -0.2) is 56.4 Å². The Labute approximate surface area is 174 Å². The van der Waals surface area contributed by atoms with Gasteiger partial charge in [-0.05, 0) is 24.3 Å². The lowest BCUT2D eigenvalue weighted by Gasteiger charge is -2.31. The topological polar surface area (TPSA) is 112 Å². The van der Waals surface area contributed by atoms with E-state index in [0.717, 1.165) is 42.8 Å². The molecule has 30 heavy (non-hydrogen) atoms. The number of amides is 2. The predicted molar refractivity (Wildman–Crippen MR) is 109 cm³/mol. The Hall–Kier alpha value is -3.23. The second-order valence-electron chi connectivity index (χ2n) is 8.17. The molecule has 0 atom stereocenters. The Morgan fingerprint density at radius 2 is 1.87 bits per heavy atom. The molecule has 0 aliphatic carbocycles. The lowest BCUT2D eigenvalue weighted by atomic mass is 9.98. The van der Waals surface area contributed by atoms with E-state index in [1.807, 2.05) is 4.90 Å². The summed E-state index contributed by atoms with van der Waals surface area (Å²) in [5.74, 6) is 0.500. The maximum absolute atomic E-state index is 13.0. The molecule has 2 amide bonds. The van der Waals surface area contributed by atoms with Crippen molar-refractivity contribution in [2.24, 2.45) is 5.92 Å². The SMILES string of the molecule is CC1CCN(C(=O)c2n[nH]c3c2CN(C(=O)Cc2ccc([N+](=O)[O-])cc2)CC3)CC1. The van der Waals surface area contributed by atoms with Gasteiger partial charge in [-0.1, -0.05) is 19.1 Å². The molecule has 158 valence electrons. The van der Waals surface area contributed by atoms with Crippen molar-refractivity contribution in [2.45, 2.75) is 39.2 Å². The first-order valence-corrected chi connectivity index (χ1v) is 10.3. The molecule has 0 radical (unpaired) electrons. The van der Waals surface area contributed by atoms with Crippen molar-refractivity contribution in [3.05, 3.63) is 56.9 Å². The highest BCUT2D eigenvalue weighted by Gasteiger charge is 2.31. The molecule has 1 saturated heterocycles. The van der Waals surface area contributed by atoms with Gasteiger partial charge in [-0.15, -0.1) is 0 Å². The Morgan fingerprint density at radius 3 is 2.53 bits per heavy atom. The number of fused-ring (bicyclic) bond motifs is 1. The van der Waals surface area contributed by atoms with Gasteiger partial charge in [-0.3, -0.25) is 24.8 Å². The maximum atomic E-state index is 13.0.